The summed E-state index contributed by atoms with van der Waals surface area (Å²) in [6.45, 7) is 2.61. The zero-order valence-electron chi connectivity index (χ0n) is 11.4. The Morgan fingerprint density at radius 2 is 2.30 bits per heavy atom. The van der Waals surface area contributed by atoms with E-state index in [1.807, 2.05) is 23.6 Å². The molecule has 1 amide bonds. The topological polar surface area (TPSA) is 54.9 Å². The molecule has 0 fully saturated rings. The van der Waals surface area contributed by atoms with Crippen LogP contribution in [-0.2, 0) is 30.5 Å². The Morgan fingerprint density at radius 3 is 3.05 bits per heavy atom. The highest BCUT2D eigenvalue weighted by Gasteiger charge is 2.16. The molecule has 0 aromatic carbocycles. The molecule has 2 aromatic rings. The maximum Gasteiger partial charge on any atom is 0.226 e. The number of aromatic nitrogens is 2. The van der Waals surface area contributed by atoms with Crippen molar-refractivity contribution in [1.82, 2.24) is 15.3 Å². The van der Waals surface area contributed by atoms with E-state index in [-0.39, 0.29) is 5.91 Å². The first-order valence-electron chi connectivity index (χ1n) is 6.86. The number of nitrogens with one attached hydrogen (secondary N) is 1. The standard InChI is InChI=1S/C14H17N3OS2/c1-9-16-10(8-19-9)7-13(18)15-6-5-14-17-11-3-2-4-12(11)20-14/h8H,2-7H2,1H3,(H,15,18). The van der Waals surface area contributed by atoms with E-state index >= 15 is 0 Å². The van der Waals surface area contributed by atoms with E-state index in [4.69, 9.17) is 0 Å². The molecule has 0 radical (unpaired) electrons. The molecule has 2 heterocycles. The van der Waals surface area contributed by atoms with Crippen LogP contribution in [0.25, 0.3) is 0 Å². The van der Waals surface area contributed by atoms with Crippen molar-refractivity contribution in [2.75, 3.05) is 6.54 Å². The summed E-state index contributed by atoms with van der Waals surface area (Å²) < 4.78 is 0. The molecule has 6 heteroatoms. The first kappa shape index (κ1) is 13.7. The summed E-state index contributed by atoms with van der Waals surface area (Å²) >= 11 is 3.39. The summed E-state index contributed by atoms with van der Waals surface area (Å²) in [7, 11) is 0. The third kappa shape index (κ3) is 3.24. The molecular weight excluding hydrogens is 290 g/mol. The van der Waals surface area contributed by atoms with Crippen LogP contribution in [0.15, 0.2) is 5.38 Å². The van der Waals surface area contributed by atoms with Gasteiger partial charge in [0.1, 0.15) is 0 Å². The second-order valence-electron chi connectivity index (χ2n) is 4.97. The highest BCUT2D eigenvalue weighted by atomic mass is 32.1. The van der Waals surface area contributed by atoms with Gasteiger partial charge in [0.05, 0.1) is 27.8 Å². The second-order valence-corrected chi connectivity index (χ2v) is 7.20. The lowest BCUT2D eigenvalue weighted by Gasteiger charge is -2.02. The number of amides is 1. The van der Waals surface area contributed by atoms with Gasteiger partial charge in [-0.3, -0.25) is 4.79 Å². The molecule has 0 spiro atoms. The van der Waals surface area contributed by atoms with Crippen molar-refractivity contribution in [2.24, 2.45) is 0 Å². The molecule has 0 unspecified atom stereocenters. The van der Waals surface area contributed by atoms with Gasteiger partial charge in [0.15, 0.2) is 0 Å². The van der Waals surface area contributed by atoms with Crippen LogP contribution < -0.4 is 5.32 Å². The fourth-order valence-corrected chi connectivity index (χ4v) is 4.14. The van der Waals surface area contributed by atoms with Crippen molar-refractivity contribution >= 4 is 28.6 Å². The van der Waals surface area contributed by atoms with Gasteiger partial charge in [-0.2, -0.15) is 0 Å². The second kappa shape index (κ2) is 6.01. The van der Waals surface area contributed by atoms with E-state index in [2.05, 4.69) is 15.3 Å². The molecule has 106 valence electrons. The predicted molar refractivity (Wildman–Crippen MR) is 81.4 cm³/mol. The quantitative estimate of drug-likeness (QED) is 0.922. The Bertz CT molecular complexity index is 596. The van der Waals surface area contributed by atoms with Crippen LogP contribution in [0.2, 0.25) is 0 Å². The Balaban J connectivity index is 1.43. The number of thiazole rings is 2. The number of carbonyl (C=O) groups excluding carboxylic acids is 1. The summed E-state index contributed by atoms with van der Waals surface area (Å²) in [6.07, 6.45) is 4.76. The lowest BCUT2D eigenvalue weighted by atomic mass is 10.3. The zero-order chi connectivity index (χ0) is 13.9. The van der Waals surface area contributed by atoms with Gasteiger partial charge in [-0.25, -0.2) is 9.97 Å². The fourth-order valence-electron chi connectivity index (χ4n) is 2.38. The molecule has 4 nitrogen and oxygen atoms in total. The number of aryl methyl sites for hydroxylation is 3. The molecule has 1 aliphatic rings. The highest BCUT2D eigenvalue weighted by molar-refractivity contribution is 7.11. The van der Waals surface area contributed by atoms with Crippen molar-refractivity contribution in [1.29, 1.82) is 0 Å². The van der Waals surface area contributed by atoms with Crippen molar-refractivity contribution < 1.29 is 4.79 Å². The Kier molecular flexibility index (Phi) is 4.12. The van der Waals surface area contributed by atoms with Gasteiger partial charge in [0.2, 0.25) is 5.91 Å². The maximum atomic E-state index is 11.8. The van der Waals surface area contributed by atoms with Crippen molar-refractivity contribution in [3.05, 3.63) is 31.7 Å². The first-order chi connectivity index (χ1) is 9.70. The Morgan fingerprint density at radius 1 is 1.40 bits per heavy atom. The SMILES string of the molecule is Cc1nc(CC(=O)NCCc2nc3c(s2)CCC3)cs1. The number of carbonyl (C=O) groups is 1. The van der Waals surface area contributed by atoms with E-state index in [0.29, 0.717) is 13.0 Å². The average Bonchev–Trinajstić information content (AvgIpc) is 3.05. The molecule has 0 atom stereocenters. The van der Waals surface area contributed by atoms with E-state index in [9.17, 15) is 4.79 Å². The molecule has 1 aliphatic carbocycles. The highest BCUT2D eigenvalue weighted by Crippen LogP contribution is 2.27. The van der Waals surface area contributed by atoms with Gasteiger partial charge < -0.3 is 5.32 Å². The monoisotopic (exact) mass is 307 g/mol. The van der Waals surface area contributed by atoms with Gasteiger partial charge in [0.25, 0.3) is 0 Å². The van der Waals surface area contributed by atoms with Crippen molar-refractivity contribution in [3.63, 3.8) is 0 Å². The van der Waals surface area contributed by atoms with Crippen LogP contribution in [0.1, 0.15) is 32.7 Å². The van der Waals surface area contributed by atoms with Crippen LogP contribution in [0.4, 0.5) is 0 Å². The number of hydrogen-bond acceptors (Lipinski definition) is 5. The average molecular weight is 307 g/mol. The van der Waals surface area contributed by atoms with E-state index in [0.717, 1.165) is 28.6 Å². The van der Waals surface area contributed by atoms with Crippen LogP contribution in [0, 0.1) is 6.92 Å². The number of nitrogens with zero attached hydrogens (tertiary/aromatic N) is 2. The lowest BCUT2D eigenvalue weighted by Crippen LogP contribution is -2.27. The minimum absolute atomic E-state index is 0.0411. The molecule has 20 heavy (non-hydrogen) atoms. The van der Waals surface area contributed by atoms with Crippen LogP contribution in [0.3, 0.4) is 0 Å². The lowest BCUT2D eigenvalue weighted by molar-refractivity contribution is -0.120. The smallest absolute Gasteiger partial charge is 0.226 e. The molecule has 3 rings (SSSR count). The van der Waals surface area contributed by atoms with E-state index < -0.39 is 0 Å². The largest absolute Gasteiger partial charge is 0.355 e. The van der Waals surface area contributed by atoms with Gasteiger partial charge in [-0.05, 0) is 26.2 Å². The molecule has 0 aliphatic heterocycles. The summed E-state index contributed by atoms with van der Waals surface area (Å²) in [6, 6.07) is 0. The summed E-state index contributed by atoms with van der Waals surface area (Å²) in [5.74, 6) is 0.0411. The Labute approximate surface area is 126 Å². The number of fused-ring (bicyclic) bond motifs is 1. The molecular formula is C14H17N3OS2. The summed E-state index contributed by atoms with van der Waals surface area (Å²) in [4.78, 5) is 22.2. The fraction of sp³-hybridized carbons (Fsp3) is 0.500. The van der Waals surface area contributed by atoms with Gasteiger partial charge in [0, 0.05) is 23.2 Å². The molecule has 0 bridgehead atoms. The van der Waals surface area contributed by atoms with Crippen LogP contribution >= 0.6 is 22.7 Å². The minimum Gasteiger partial charge on any atom is -0.355 e. The first-order valence-corrected chi connectivity index (χ1v) is 8.55. The van der Waals surface area contributed by atoms with Crippen LogP contribution in [0.5, 0.6) is 0 Å². The summed E-state index contributed by atoms with van der Waals surface area (Å²) in [5, 5.41) is 7.05. The van der Waals surface area contributed by atoms with Crippen LogP contribution in [-0.4, -0.2) is 22.4 Å². The number of rotatable bonds is 5. The van der Waals surface area contributed by atoms with E-state index in [1.54, 1.807) is 11.3 Å². The van der Waals surface area contributed by atoms with Crippen molar-refractivity contribution in [3.8, 4) is 0 Å². The maximum absolute atomic E-state index is 11.8. The summed E-state index contributed by atoms with van der Waals surface area (Å²) in [5.41, 5.74) is 2.15. The van der Waals surface area contributed by atoms with Gasteiger partial charge >= 0.3 is 0 Å². The third-order valence-corrected chi connectivity index (χ3v) is 5.35. The molecule has 2 aromatic heterocycles. The Hall–Kier alpha value is -1.27. The molecule has 1 N–H and O–H groups in total. The minimum atomic E-state index is 0.0411. The molecule has 0 saturated heterocycles. The van der Waals surface area contributed by atoms with Crippen molar-refractivity contribution in [2.45, 2.75) is 39.0 Å². The molecule has 0 saturated carbocycles. The number of hydrogen-bond donors (Lipinski definition) is 1. The zero-order valence-corrected chi connectivity index (χ0v) is 13.1. The predicted octanol–water partition coefficient (Wildman–Crippen LogP) is 2.30. The van der Waals surface area contributed by atoms with Gasteiger partial charge in [-0.15, -0.1) is 22.7 Å². The van der Waals surface area contributed by atoms with Gasteiger partial charge in [-0.1, -0.05) is 0 Å². The normalized spacial score (nSPS) is 13.4. The van der Waals surface area contributed by atoms with E-state index in [1.165, 1.54) is 23.4 Å². The third-order valence-electron chi connectivity index (χ3n) is 3.31.